The van der Waals surface area contributed by atoms with Gasteiger partial charge in [0, 0.05) is 12.6 Å². The van der Waals surface area contributed by atoms with Crippen LogP contribution in [-0.4, -0.2) is 15.0 Å². The van der Waals surface area contributed by atoms with Gasteiger partial charge in [-0.3, -0.25) is 13.5 Å². The van der Waals surface area contributed by atoms with Crippen LogP contribution in [0.5, 0.6) is 0 Å². The lowest BCUT2D eigenvalue weighted by molar-refractivity contribution is -0.143. The van der Waals surface area contributed by atoms with Gasteiger partial charge in [-0.1, -0.05) is 11.6 Å². The van der Waals surface area contributed by atoms with Crippen molar-refractivity contribution >= 4 is 29.1 Å². The molecule has 0 saturated heterocycles. The third kappa shape index (κ3) is 3.10. The lowest BCUT2D eigenvalue weighted by Gasteiger charge is -2.25. The SMILES string of the molecule is O=C(O)C1CCC(Cn2sc(Cl)cc2=O)CC1. The van der Waals surface area contributed by atoms with Crippen LogP contribution in [0.25, 0.3) is 0 Å². The van der Waals surface area contributed by atoms with Gasteiger partial charge in [0.2, 0.25) is 0 Å². The van der Waals surface area contributed by atoms with Crippen molar-refractivity contribution in [1.29, 1.82) is 0 Å². The van der Waals surface area contributed by atoms with Crippen molar-refractivity contribution < 1.29 is 9.90 Å². The molecule has 0 unspecified atom stereocenters. The fourth-order valence-corrected chi connectivity index (χ4v) is 3.43. The number of rotatable bonds is 3. The molecule has 0 radical (unpaired) electrons. The Balaban J connectivity index is 1.92. The molecule has 6 heteroatoms. The molecule has 1 saturated carbocycles. The summed E-state index contributed by atoms with van der Waals surface area (Å²) in [5.74, 6) is -0.493. The Morgan fingerprint density at radius 1 is 1.47 bits per heavy atom. The molecule has 1 N–H and O–H groups in total. The average molecular weight is 276 g/mol. The monoisotopic (exact) mass is 275 g/mol. The van der Waals surface area contributed by atoms with Gasteiger partial charge in [0.15, 0.2) is 0 Å². The molecule has 1 aromatic heterocycles. The number of nitrogens with zero attached hydrogens (tertiary/aromatic N) is 1. The maximum absolute atomic E-state index is 11.5. The smallest absolute Gasteiger partial charge is 0.306 e. The highest BCUT2D eigenvalue weighted by Gasteiger charge is 2.26. The zero-order valence-electron chi connectivity index (χ0n) is 9.26. The standard InChI is InChI=1S/C11H14ClNO3S/c12-9-5-10(14)13(17-9)6-7-1-3-8(4-2-7)11(15)16/h5,7-8H,1-4,6H2,(H,15,16). The van der Waals surface area contributed by atoms with Crippen LogP contribution in [0.2, 0.25) is 4.34 Å². The van der Waals surface area contributed by atoms with E-state index in [9.17, 15) is 9.59 Å². The maximum atomic E-state index is 11.5. The summed E-state index contributed by atoms with van der Waals surface area (Å²) in [5, 5.41) is 8.89. The number of aromatic nitrogens is 1. The van der Waals surface area contributed by atoms with Crippen LogP contribution >= 0.6 is 23.1 Å². The average Bonchev–Trinajstić information content (AvgIpc) is 2.58. The van der Waals surface area contributed by atoms with Crippen LogP contribution in [0.3, 0.4) is 0 Å². The lowest BCUT2D eigenvalue weighted by Crippen LogP contribution is -2.25. The van der Waals surface area contributed by atoms with Crippen molar-refractivity contribution in [2.24, 2.45) is 11.8 Å². The second-order valence-corrected chi connectivity index (χ2v) is 6.19. The summed E-state index contributed by atoms with van der Waals surface area (Å²) < 4.78 is 2.17. The largest absolute Gasteiger partial charge is 0.481 e. The molecule has 0 aliphatic heterocycles. The van der Waals surface area contributed by atoms with Crippen LogP contribution in [0, 0.1) is 11.8 Å². The molecule has 1 fully saturated rings. The first-order chi connectivity index (χ1) is 8.06. The van der Waals surface area contributed by atoms with Crippen LogP contribution in [0.4, 0.5) is 0 Å². The molecule has 1 heterocycles. The zero-order chi connectivity index (χ0) is 12.4. The van der Waals surface area contributed by atoms with Crippen LogP contribution < -0.4 is 5.56 Å². The topological polar surface area (TPSA) is 59.3 Å². The maximum Gasteiger partial charge on any atom is 0.306 e. The minimum Gasteiger partial charge on any atom is -0.481 e. The molecule has 1 aliphatic carbocycles. The van der Waals surface area contributed by atoms with E-state index >= 15 is 0 Å². The highest BCUT2D eigenvalue weighted by molar-refractivity contribution is 7.11. The molecule has 17 heavy (non-hydrogen) atoms. The quantitative estimate of drug-likeness (QED) is 0.922. The van der Waals surface area contributed by atoms with Crippen molar-refractivity contribution in [2.75, 3.05) is 0 Å². The molecular weight excluding hydrogens is 262 g/mol. The fourth-order valence-electron chi connectivity index (χ4n) is 2.30. The summed E-state index contributed by atoms with van der Waals surface area (Å²) in [7, 11) is 0. The predicted molar refractivity (Wildman–Crippen MR) is 66.7 cm³/mol. The summed E-state index contributed by atoms with van der Waals surface area (Å²) in [5.41, 5.74) is -0.0552. The van der Waals surface area contributed by atoms with Gasteiger partial charge in [0.25, 0.3) is 5.56 Å². The van der Waals surface area contributed by atoms with Gasteiger partial charge in [-0.25, -0.2) is 0 Å². The number of carboxylic acid groups (broad SMARTS) is 1. The second kappa shape index (κ2) is 5.23. The van der Waals surface area contributed by atoms with Crippen molar-refractivity contribution in [3.63, 3.8) is 0 Å². The first kappa shape index (κ1) is 12.6. The first-order valence-corrected chi connectivity index (χ1v) is 6.81. The van der Waals surface area contributed by atoms with Gasteiger partial charge in [0.05, 0.1) is 5.92 Å². The molecular formula is C11H14ClNO3S. The zero-order valence-corrected chi connectivity index (χ0v) is 10.8. The molecule has 2 rings (SSSR count). The van der Waals surface area contributed by atoms with E-state index in [1.807, 2.05) is 0 Å². The lowest BCUT2D eigenvalue weighted by atomic mass is 9.82. The third-order valence-corrected chi connectivity index (χ3v) is 4.46. The Morgan fingerprint density at radius 3 is 2.59 bits per heavy atom. The van der Waals surface area contributed by atoms with Crippen molar-refractivity contribution in [1.82, 2.24) is 3.96 Å². The van der Waals surface area contributed by atoms with E-state index in [0.29, 0.717) is 29.6 Å². The highest BCUT2D eigenvalue weighted by atomic mass is 35.5. The number of hydrogen-bond donors (Lipinski definition) is 1. The Morgan fingerprint density at radius 2 is 2.12 bits per heavy atom. The Labute approximate surface area is 108 Å². The molecule has 0 spiro atoms. The number of halogens is 1. The molecule has 0 atom stereocenters. The number of carbonyl (C=O) groups is 1. The number of carboxylic acids is 1. The van der Waals surface area contributed by atoms with E-state index in [2.05, 4.69) is 0 Å². The highest BCUT2D eigenvalue weighted by Crippen LogP contribution is 2.30. The van der Waals surface area contributed by atoms with Crippen LogP contribution in [0.15, 0.2) is 10.9 Å². The van der Waals surface area contributed by atoms with E-state index in [1.54, 1.807) is 3.96 Å². The minimum absolute atomic E-state index is 0.0552. The van der Waals surface area contributed by atoms with Crippen molar-refractivity contribution in [3.05, 3.63) is 20.8 Å². The third-order valence-electron chi connectivity index (χ3n) is 3.30. The van der Waals surface area contributed by atoms with Gasteiger partial charge < -0.3 is 5.11 Å². The fraction of sp³-hybridized carbons (Fsp3) is 0.636. The van der Waals surface area contributed by atoms with E-state index in [-0.39, 0.29) is 11.5 Å². The van der Waals surface area contributed by atoms with Crippen LogP contribution in [-0.2, 0) is 11.3 Å². The van der Waals surface area contributed by atoms with Crippen LogP contribution in [0.1, 0.15) is 25.7 Å². The summed E-state index contributed by atoms with van der Waals surface area (Å²) >= 11 is 7.04. The molecule has 0 bridgehead atoms. The Hall–Kier alpha value is -0.810. The van der Waals surface area contributed by atoms with E-state index < -0.39 is 5.97 Å². The summed E-state index contributed by atoms with van der Waals surface area (Å²) in [6, 6.07) is 1.43. The molecule has 94 valence electrons. The molecule has 0 amide bonds. The normalized spacial score (nSPS) is 24.8. The summed E-state index contributed by atoms with van der Waals surface area (Å²) in [6.45, 7) is 0.669. The van der Waals surface area contributed by atoms with E-state index in [4.69, 9.17) is 16.7 Å². The molecule has 0 aromatic carbocycles. The van der Waals surface area contributed by atoms with E-state index in [0.717, 1.165) is 12.8 Å². The number of aliphatic carboxylic acids is 1. The van der Waals surface area contributed by atoms with Crippen molar-refractivity contribution in [2.45, 2.75) is 32.2 Å². The Kier molecular flexibility index (Phi) is 3.89. The van der Waals surface area contributed by atoms with Gasteiger partial charge in [-0.15, -0.1) is 0 Å². The molecule has 4 nitrogen and oxygen atoms in total. The van der Waals surface area contributed by atoms with E-state index in [1.165, 1.54) is 17.6 Å². The predicted octanol–water partition coefficient (Wildman–Crippen LogP) is 2.45. The van der Waals surface area contributed by atoms with Gasteiger partial charge >= 0.3 is 5.97 Å². The Bertz CT molecular complexity index is 460. The summed E-state index contributed by atoms with van der Waals surface area (Å²) in [6.07, 6.45) is 3.18. The summed E-state index contributed by atoms with van der Waals surface area (Å²) in [4.78, 5) is 22.3. The minimum atomic E-state index is -0.695. The molecule has 1 aromatic rings. The van der Waals surface area contributed by atoms with Gasteiger partial charge in [-0.05, 0) is 43.1 Å². The van der Waals surface area contributed by atoms with Crippen molar-refractivity contribution in [3.8, 4) is 0 Å². The first-order valence-electron chi connectivity index (χ1n) is 5.65. The van der Waals surface area contributed by atoms with Gasteiger partial charge in [-0.2, -0.15) is 0 Å². The number of hydrogen-bond acceptors (Lipinski definition) is 3. The van der Waals surface area contributed by atoms with Gasteiger partial charge in [0.1, 0.15) is 4.34 Å². The second-order valence-electron chi connectivity index (χ2n) is 4.49. The molecule has 1 aliphatic rings.